The number of halogens is 6. The predicted octanol–water partition coefficient (Wildman–Crippen LogP) is 6.03. The number of pyridine rings is 2. The van der Waals surface area contributed by atoms with Gasteiger partial charge in [-0.25, -0.2) is 23.4 Å². The van der Waals surface area contributed by atoms with Crippen LogP contribution in [0.25, 0.3) is 34.7 Å². The topological polar surface area (TPSA) is 77.7 Å². The summed E-state index contributed by atoms with van der Waals surface area (Å²) in [7, 11) is -2.39. The van der Waals surface area contributed by atoms with Crippen LogP contribution in [-0.2, 0) is 29.2 Å². The minimum absolute atomic E-state index is 0.0471. The molecule has 0 bridgehead atoms. The zero-order chi connectivity index (χ0) is 27.2. The van der Waals surface area contributed by atoms with Crippen molar-refractivity contribution < 1.29 is 34.8 Å². The fourth-order valence-corrected chi connectivity index (χ4v) is 4.67. The van der Waals surface area contributed by atoms with Crippen molar-refractivity contribution in [1.29, 1.82) is 0 Å². The van der Waals surface area contributed by atoms with Gasteiger partial charge in [-0.05, 0) is 35.9 Å². The Morgan fingerprint density at radius 2 is 1.65 bits per heavy atom. The highest BCUT2D eigenvalue weighted by molar-refractivity contribution is 7.91. The summed E-state index contributed by atoms with van der Waals surface area (Å²) in [4.78, 5) is 11.7. The molecule has 1 aromatic carbocycles. The van der Waals surface area contributed by atoms with Crippen LogP contribution in [0, 0.1) is 0 Å². The van der Waals surface area contributed by atoms with Crippen LogP contribution in [0.4, 0.5) is 26.3 Å². The molecule has 0 amide bonds. The van der Waals surface area contributed by atoms with Crippen LogP contribution >= 0.6 is 0 Å². The predicted molar refractivity (Wildman–Crippen MR) is 125 cm³/mol. The van der Waals surface area contributed by atoms with Gasteiger partial charge >= 0.3 is 12.4 Å². The minimum Gasteiger partial charge on any atom is -0.324 e. The maximum absolute atomic E-state index is 13.3. The maximum Gasteiger partial charge on any atom is 0.433 e. The van der Waals surface area contributed by atoms with Gasteiger partial charge in [-0.15, -0.1) is 0 Å². The number of hydrogen-bond donors (Lipinski definition) is 0. The smallest absolute Gasteiger partial charge is 0.324 e. The highest BCUT2D eigenvalue weighted by Gasteiger charge is 2.34. The lowest BCUT2D eigenvalue weighted by atomic mass is 10.1. The molecule has 194 valence electrons. The lowest BCUT2D eigenvalue weighted by Crippen LogP contribution is -2.09. The molecule has 4 aromatic rings. The number of alkyl halides is 6. The van der Waals surface area contributed by atoms with Gasteiger partial charge in [-0.2, -0.15) is 26.3 Å². The van der Waals surface area contributed by atoms with Crippen molar-refractivity contribution in [2.24, 2.45) is 7.05 Å². The molecular weight excluding hydrogens is 522 g/mol. The number of nitrogens with zero attached hydrogens (tertiary/aromatic N) is 4. The molecule has 4 rings (SSSR count). The Morgan fingerprint density at radius 3 is 2.30 bits per heavy atom. The van der Waals surface area contributed by atoms with Crippen molar-refractivity contribution in [2.75, 3.05) is 5.75 Å². The lowest BCUT2D eigenvalue weighted by Gasteiger charge is -2.11. The second kappa shape index (κ2) is 9.29. The van der Waals surface area contributed by atoms with E-state index in [-0.39, 0.29) is 44.5 Å². The van der Waals surface area contributed by atoms with E-state index in [1.54, 1.807) is 0 Å². The number of hydrogen-bond acceptors (Lipinski definition) is 5. The van der Waals surface area contributed by atoms with E-state index in [1.807, 2.05) is 0 Å². The summed E-state index contributed by atoms with van der Waals surface area (Å²) in [5.41, 5.74) is -2.08. The number of fused-ring (bicyclic) bond motifs is 1. The van der Waals surface area contributed by atoms with Crippen LogP contribution < -0.4 is 0 Å². The zero-order valence-electron chi connectivity index (χ0n) is 19.3. The number of imidazole rings is 1. The summed E-state index contributed by atoms with van der Waals surface area (Å²) in [6, 6.07) is 8.20. The fraction of sp³-hybridized carbons (Fsp3) is 0.208. The molecule has 0 fully saturated rings. The molecule has 0 aliphatic carbocycles. The van der Waals surface area contributed by atoms with E-state index in [0.29, 0.717) is 0 Å². The van der Waals surface area contributed by atoms with Crippen LogP contribution in [0.2, 0.25) is 0 Å². The Morgan fingerprint density at radius 1 is 0.946 bits per heavy atom. The first kappa shape index (κ1) is 26.3. The molecule has 0 unspecified atom stereocenters. The molecule has 3 aromatic heterocycles. The molecular formula is C24H18F6N4O2S. The van der Waals surface area contributed by atoms with E-state index in [4.69, 9.17) is 0 Å². The molecule has 13 heteroatoms. The van der Waals surface area contributed by atoms with Gasteiger partial charge in [0.25, 0.3) is 0 Å². The van der Waals surface area contributed by atoms with Crippen molar-refractivity contribution in [2.45, 2.75) is 24.2 Å². The van der Waals surface area contributed by atoms with Crippen molar-refractivity contribution in [3.05, 3.63) is 71.2 Å². The van der Waals surface area contributed by atoms with Gasteiger partial charge < -0.3 is 4.57 Å². The van der Waals surface area contributed by atoms with Gasteiger partial charge in [0.15, 0.2) is 15.7 Å². The molecule has 0 saturated carbocycles. The largest absolute Gasteiger partial charge is 0.433 e. The highest BCUT2D eigenvalue weighted by atomic mass is 32.2. The molecule has 3 heterocycles. The van der Waals surface area contributed by atoms with Gasteiger partial charge in [0.05, 0.1) is 39.1 Å². The third-order valence-corrected chi connectivity index (χ3v) is 7.32. The molecule has 0 aliphatic heterocycles. The highest BCUT2D eigenvalue weighted by Crippen LogP contribution is 2.34. The summed E-state index contributed by atoms with van der Waals surface area (Å²) in [5, 5.41) is 0. The molecule has 6 nitrogen and oxygen atoms in total. The monoisotopic (exact) mass is 540 g/mol. The lowest BCUT2D eigenvalue weighted by molar-refractivity contribution is -0.141. The molecule has 0 saturated heterocycles. The summed E-state index contributed by atoms with van der Waals surface area (Å²) in [6.07, 6.45) is -5.85. The zero-order valence-corrected chi connectivity index (χ0v) is 20.1. The molecule has 0 spiro atoms. The third-order valence-electron chi connectivity index (χ3n) is 5.56. The van der Waals surface area contributed by atoms with Gasteiger partial charge in [-0.3, -0.25) is 0 Å². The summed E-state index contributed by atoms with van der Waals surface area (Å²) >= 11 is 0. The van der Waals surface area contributed by atoms with E-state index in [1.165, 1.54) is 61.0 Å². The Bertz CT molecular complexity index is 1620. The Hall–Kier alpha value is -3.74. The van der Waals surface area contributed by atoms with E-state index >= 15 is 0 Å². The van der Waals surface area contributed by atoms with Crippen molar-refractivity contribution in [1.82, 2.24) is 19.5 Å². The van der Waals surface area contributed by atoms with Crippen LogP contribution in [0.3, 0.4) is 0 Å². The first-order chi connectivity index (χ1) is 17.2. The van der Waals surface area contributed by atoms with Crippen LogP contribution in [0.15, 0.2) is 53.6 Å². The second-order valence-electron chi connectivity index (χ2n) is 7.96. The van der Waals surface area contributed by atoms with E-state index in [2.05, 4.69) is 15.0 Å². The SMILES string of the molecule is CCS(=O)(=O)c1ccc(/C=C/c2ccccc2C(F)(F)F)nc1-c1nc2cc(C(F)(F)F)ncc2n1C. The van der Waals surface area contributed by atoms with Crippen molar-refractivity contribution >= 4 is 33.0 Å². The average Bonchev–Trinajstić information content (AvgIpc) is 3.17. The Balaban J connectivity index is 1.88. The fourth-order valence-electron chi connectivity index (χ4n) is 3.65. The van der Waals surface area contributed by atoms with Gasteiger partial charge in [-0.1, -0.05) is 31.2 Å². The first-order valence-corrected chi connectivity index (χ1v) is 12.4. The summed E-state index contributed by atoms with van der Waals surface area (Å²) < 4.78 is 106. The minimum atomic E-state index is -4.71. The molecule has 0 aliphatic rings. The number of sulfone groups is 1. The van der Waals surface area contributed by atoms with Crippen LogP contribution in [-0.4, -0.2) is 33.7 Å². The number of rotatable bonds is 5. The normalized spacial score (nSPS) is 13.1. The molecule has 37 heavy (non-hydrogen) atoms. The van der Waals surface area contributed by atoms with E-state index in [0.717, 1.165) is 18.3 Å². The second-order valence-corrected chi connectivity index (χ2v) is 10.2. The third kappa shape index (κ3) is 5.22. The summed E-state index contributed by atoms with van der Waals surface area (Å²) in [5.74, 6) is -0.339. The Labute approximate surface area is 207 Å². The van der Waals surface area contributed by atoms with E-state index < -0.39 is 33.4 Å². The quantitative estimate of drug-likeness (QED) is 0.289. The summed E-state index contributed by atoms with van der Waals surface area (Å²) in [6.45, 7) is 1.41. The maximum atomic E-state index is 13.3. The molecule has 0 radical (unpaired) electrons. The van der Waals surface area contributed by atoms with Crippen LogP contribution in [0.5, 0.6) is 0 Å². The standard InChI is InChI=1S/C24H18F6N4O2S/c1-3-37(35,36)19-11-10-15(9-8-14-6-4-5-7-16(14)23(25,26)27)32-21(19)22-33-17-12-20(24(28,29)30)31-13-18(17)34(22)2/h4-13H,3H2,1-2H3/b9-8+. The van der Waals surface area contributed by atoms with Crippen LogP contribution in [0.1, 0.15) is 29.4 Å². The number of aryl methyl sites for hydroxylation is 1. The van der Waals surface area contributed by atoms with Gasteiger partial charge in [0.2, 0.25) is 0 Å². The van der Waals surface area contributed by atoms with Crippen molar-refractivity contribution in [3.8, 4) is 11.5 Å². The van der Waals surface area contributed by atoms with E-state index in [9.17, 15) is 34.8 Å². The molecule has 0 N–H and O–H groups in total. The molecule has 0 atom stereocenters. The Kier molecular flexibility index (Phi) is 6.61. The first-order valence-electron chi connectivity index (χ1n) is 10.7. The van der Waals surface area contributed by atoms with Crippen molar-refractivity contribution in [3.63, 3.8) is 0 Å². The average molecular weight is 540 g/mol. The number of benzene rings is 1. The van der Waals surface area contributed by atoms with Gasteiger partial charge in [0, 0.05) is 7.05 Å². The van der Waals surface area contributed by atoms with Gasteiger partial charge in [0.1, 0.15) is 11.4 Å². The number of aromatic nitrogens is 4.